The molecule has 0 heterocycles. The van der Waals surface area contributed by atoms with E-state index in [4.69, 9.17) is 0 Å². The van der Waals surface area contributed by atoms with E-state index in [1.807, 2.05) is 26.1 Å². The summed E-state index contributed by atoms with van der Waals surface area (Å²) in [7, 11) is -1.61. The highest BCUT2D eigenvalue weighted by Crippen LogP contribution is 2.33. The van der Waals surface area contributed by atoms with Crippen molar-refractivity contribution in [2.24, 2.45) is 5.92 Å². The van der Waals surface area contributed by atoms with E-state index >= 15 is 0 Å². The molecule has 19 heavy (non-hydrogen) atoms. The topological polar surface area (TPSA) is 58.2 Å². The number of hydrogen-bond acceptors (Lipinski definition) is 3. The standard InChI is InChI=1S/C14H22N2O2S/c1-11(9-12-7-8-12)16-19(17,18)14-6-4-3-5-13(14)10-15-2/h3-6,11-12,15-16H,7-10H2,1-2H3. The van der Waals surface area contributed by atoms with Crippen molar-refractivity contribution >= 4 is 10.0 Å². The highest BCUT2D eigenvalue weighted by molar-refractivity contribution is 7.89. The average Bonchev–Trinajstić information content (AvgIpc) is 3.13. The van der Waals surface area contributed by atoms with Crippen LogP contribution in [0.15, 0.2) is 29.2 Å². The van der Waals surface area contributed by atoms with Gasteiger partial charge in [-0.05, 0) is 37.9 Å². The molecule has 1 aliphatic rings. The SMILES string of the molecule is CNCc1ccccc1S(=O)(=O)NC(C)CC1CC1. The minimum Gasteiger partial charge on any atom is -0.316 e. The molecule has 4 nitrogen and oxygen atoms in total. The highest BCUT2D eigenvalue weighted by atomic mass is 32.2. The summed E-state index contributed by atoms with van der Waals surface area (Å²) < 4.78 is 27.6. The van der Waals surface area contributed by atoms with Gasteiger partial charge in [0.1, 0.15) is 0 Å². The molecule has 1 aromatic carbocycles. The van der Waals surface area contributed by atoms with E-state index in [1.54, 1.807) is 12.1 Å². The van der Waals surface area contributed by atoms with Crippen LogP contribution in [-0.2, 0) is 16.6 Å². The molecule has 1 aromatic rings. The smallest absolute Gasteiger partial charge is 0.241 e. The van der Waals surface area contributed by atoms with E-state index in [0.29, 0.717) is 17.4 Å². The second-order valence-electron chi connectivity index (χ2n) is 5.34. The van der Waals surface area contributed by atoms with Crippen LogP contribution in [0.25, 0.3) is 0 Å². The molecule has 0 aromatic heterocycles. The first-order valence-corrected chi connectivity index (χ1v) is 8.26. The van der Waals surface area contributed by atoms with E-state index in [-0.39, 0.29) is 6.04 Å². The Bertz CT molecular complexity index is 524. The Hall–Kier alpha value is -0.910. The van der Waals surface area contributed by atoms with E-state index in [2.05, 4.69) is 10.0 Å². The summed E-state index contributed by atoms with van der Waals surface area (Å²) in [5.41, 5.74) is 0.802. The van der Waals surface area contributed by atoms with Crippen LogP contribution < -0.4 is 10.0 Å². The van der Waals surface area contributed by atoms with Gasteiger partial charge in [0.25, 0.3) is 0 Å². The molecule has 0 aliphatic heterocycles. The van der Waals surface area contributed by atoms with Crippen molar-refractivity contribution in [3.63, 3.8) is 0 Å². The molecule has 0 saturated heterocycles. The summed E-state index contributed by atoms with van der Waals surface area (Å²) in [6.45, 7) is 2.49. The Labute approximate surface area is 115 Å². The second kappa shape index (κ2) is 6.03. The van der Waals surface area contributed by atoms with Crippen LogP contribution in [0.1, 0.15) is 31.7 Å². The Morgan fingerprint density at radius 2 is 2.00 bits per heavy atom. The van der Waals surface area contributed by atoms with Crippen LogP contribution in [0.3, 0.4) is 0 Å². The molecule has 1 aliphatic carbocycles. The molecular formula is C14H22N2O2S. The molecule has 5 heteroatoms. The average molecular weight is 282 g/mol. The van der Waals surface area contributed by atoms with Crippen molar-refractivity contribution < 1.29 is 8.42 Å². The van der Waals surface area contributed by atoms with E-state index in [0.717, 1.165) is 12.0 Å². The zero-order valence-corrected chi connectivity index (χ0v) is 12.3. The minimum absolute atomic E-state index is 0.000131. The molecule has 106 valence electrons. The quantitative estimate of drug-likeness (QED) is 0.802. The maximum Gasteiger partial charge on any atom is 0.241 e. The van der Waals surface area contributed by atoms with Crippen LogP contribution in [0.2, 0.25) is 0 Å². The van der Waals surface area contributed by atoms with Gasteiger partial charge >= 0.3 is 0 Å². The monoisotopic (exact) mass is 282 g/mol. The van der Waals surface area contributed by atoms with Crippen LogP contribution in [0.4, 0.5) is 0 Å². The minimum atomic E-state index is -3.42. The van der Waals surface area contributed by atoms with Crippen molar-refractivity contribution in [1.29, 1.82) is 0 Å². The maximum absolute atomic E-state index is 12.4. The number of sulfonamides is 1. The summed E-state index contributed by atoms with van der Waals surface area (Å²) in [6.07, 6.45) is 3.41. The zero-order chi connectivity index (χ0) is 13.9. The van der Waals surface area contributed by atoms with Crippen molar-refractivity contribution in [3.8, 4) is 0 Å². The van der Waals surface area contributed by atoms with Crippen molar-refractivity contribution in [3.05, 3.63) is 29.8 Å². The van der Waals surface area contributed by atoms with Crippen molar-refractivity contribution in [2.75, 3.05) is 7.05 Å². The Morgan fingerprint density at radius 1 is 1.32 bits per heavy atom. The van der Waals surface area contributed by atoms with Crippen molar-refractivity contribution in [2.45, 2.75) is 43.7 Å². The molecule has 1 fully saturated rings. The zero-order valence-electron chi connectivity index (χ0n) is 11.5. The summed E-state index contributed by atoms with van der Waals surface area (Å²) in [6, 6.07) is 7.13. The van der Waals surface area contributed by atoms with Crippen LogP contribution in [0.5, 0.6) is 0 Å². The Kier molecular flexibility index (Phi) is 4.60. The molecule has 2 N–H and O–H groups in total. The van der Waals surface area contributed by atoms with Gasteiger partial charge in [-0.15, -0.1) is 0 Å². The lowest BCUT2D eigenvalue weighted by Crippen LogP contribution is -2.33. The Morgan fingerprint density at radius 3 is 2.63 bits per heavy atom. The maximum atomic E-state index is 12.4. The first-order valence-electron chi connectivity index (χ1n) is 6.78. The lowest BCUT2D eigenvalue weighted by atomic mass is 10.2. The molecule has 0 amide bonds. The predicted octanol–water partition coefficient (Wildman–Crippen LogP) is 1.87. The second-order valence-corrected chi connectivity index (χ2v) is 7.02. The van der Waals surface area contributed by atoms with Gasteiger partial charge < -0.3 is 5.32 Å². The van der Waals surface area contributed by atoms with E-state index < -0.39 is 10.0 Å². The van der Waals surface area contributed by atoms with Crippen LogP contribution in [-0.4, -0.2) is 21.5 Å². The Balaban J connectivity index is 2.13. The highest BCUT2D eigenvalue weighted by Gasteiger charge is 2.26. The molecule has 0 bridgehead atoms. The number of rotatable bonds is 7. The molecule has 1 unspecified atom stereocenters. The van der Waals surface area contributed by atoms with Gasteiger partial charge in [0.15, 0.2) is 0 Å². The van der Waals surface area contributed by atoms with Gasteiger partial charge in [0.2, 0.25) is 10.0 Å². The van der Waals surface area contributed by atoms with Gasteiger partial charge in [-0.1, -0.05) is 31.0 Å². The van der Waals surface area contributed by atoms with Crippen LogP contribution >= 0.6 is 0 Å². The van der Waals surface area contributed by atoms with Crippen LogP contribution in [0, 0.1) is 5.92 Å². The fourth-order valence-corrected chi connectivity index (χ4v) is 3.83. The molecule has 1 saturated carbocycles. The van der Waals surface area contributed by atoms with Gasteiger partial charge in [-0.3, -0.25) is 0 Å². The lowest BCUT2D eigenvalue weighted by Gasteiger charge is -2.16. The largest absolute Gasteiger partial charge is 0.316 e. The molecule has 1 atom stereocenters. The molecule has 0 spiro atoms. The molecular weight excluding hydrogens is 260 g/mol. The van der Waals surface area contributed by atoms with Gasteiger partial charge in [-0.25, -0.2) is 13.1 Å². The summed E-state index contributed by atoms with van der Waals surface area (Å²) >= 11 is 0. The summed E-state index contributed by atoms with van der Waals surface area (Å²) in [5.74, 6) is 0.713. The first-order chi connectivity index (χ1) is 9.03. The predicted molar refractivity (Wildman–Crippen MR) is 76.3 cm³/mol. The first kappa shape index (κ1) is 14.5. The summed E-state index contributed by atoms with van der Waals surface area (Å²) in [5, 5.41) is 3.00. The van der Waals surface area contributed by atoms with E-state index in [9.17, 15) is 8.42 Å². The molecule has 2 rings (SSSR count). The molecule has 0 radical (unpaired) electrons. The normalized spacial score (nSPS) is 17.4. The third kappa shape index (κ3) is 4.03. The van der Waals surface area contributed by atoms with Gasteiger partial charge in [0, 0.05) is 12.6 Å². The third-order valence-corrected chi connectivity index (χ3v) is 5.06. The third-order valence-electron chi connectivity index (χ3n) is 3.37. The van der Waals surface area contributed by atoms with Gasteiger partial charge in [-0.2, -0.15) is 0 Å². The summed E-state index contributed by atoms with van der Waals surface area (Å²) in [4.78, 5) is 0.381. The fourth-order valence-electron chi connectivity index (χ4n) is 2.33. The number of nitrogens with one attached hydrogen (secondary N) is 2. The van der Waals surface area contributed by atoms with E-state index in [1.165, 1.54) is 12.8 Å². The number of hydrogen-bond donors (Lipinski definition) is 2. The fraction of sp³-hybridized carbons (Fsp3) is 0.571. The number of benzene rings is 1. The lowest BCUT2D eigenvalue weighted by molar-refractivity contribution is 0.529. The van der Waals surface area contributed by atoms with Gasteiger partial charge in [0.05, 0.1) is 4.90 Å². The van der Waals surface area contributed by atoms with Crippen molar-refractivity contribution in [1.82, 2.24) is 10.0 Å².